The van der Waals surface area contributed by atoms with Crippen LogP contribution in [-0.4, -0.2) is 11.9 Å². The normalized spacial score (nSPS) is 11.0. The van der Waals surface area contributed by atoms with Crippen molar-refractivity contribution in [2.24, 2.45) is 0 Å². The van der Waals surface area contributed by atoms with Gasteiger partial charge in [0.2, 0.25) is 0 Å². The molecule has 0 saturated carbocycles. The first-order chi connectivity index (χ1) is 10.4. The molecule has 3 rings (SSSR count). The summed E-state index contributed by atoms with van der Waals surface area (Å²) in [4.78, 5) is 22.9. The van der Waals surface area contributed by atoms with E-state index in [2.05, 4.69) is 0 Å². The average molecular weight is 407 g/mol. The van der Waals surface area contributed by atoms with Crippen LogP contribution in [-0.2, 0) is 9.59 Å². The van der Waals surface area contributed by atoms with Crippen molar-refractivity contribution in [3.05, 3.63) is 6.28 Å². The molecule has 0 saturated heterocycles. The first kappa shape index (κ1) is 16.1. The van der Waals surface area contributed by atoms with Crippen molar-refractivity contribution in [3.63, 3.8) is 0 Å². The van der Waals surface area contributed by atoms with E-state index in [0.29, 0.717) is 36.6 Å². The number of rotatable bonds is 2. The Kier molecular flexibility index (Phi) is 4.40. The van der Waals surface area contributed by atoms with Gasteiger partial charge in [-0.2, -0.15) is 0 Å². The van der Waals surface area contributed by atoms with Crippen LogP contribution in [0.2, 0.25) is 0 Å². The Labute approximate surface area is 150 Å². The molecular formula is C12H6O4S6. The van der Waals surface area contributed by atoms with E-state index in [1.54, 1.807) is 0 Å². The van der Waals surface area contributed by atoms with Crippen molar-refractivity contribution in [2.45, 2.75) is 13.8 Å². The van der Waals surface area contributed by atoms with Gasteiger partial charge in [0.15, 0.2) is 11.5 Å². The van der Waals surface area contributed by atoms with Crippen LogP contribution in [0.4, 0.5) is 0 Å². The van der Waals surface area contributed by atoms with Crippen LogP contribution in [0.1, 0.15) is 13.8 Å². The molecule has 3 aromatic rings. The summed E-state index contributed by atoms with van der Waals surface area (Å²) in [7, 11) is 0. The number of fused-ring (bicyclic) bond motifs is 2. The van der Waals surface area contributed by atoms with Gasteiger partial charge in [0.1, 0.15) is 6.28 Å². The third-order valence-corrected chi connectivity index (χ3v) is 7.77. The molecule has 0 fully saturated rings. The zero-order valence-corrected chi connectivity index (χ0v) is 16.0. The van der Waals surface area contributed by atoms with E-state index in [0.717, 1.165) is 0 Å². The molecule has 2 heterocycles. The SMILES string of the molecule is CC(=O)Oc1c2sc(=S)sc2c(OC(C)=O)c2sc(=S)sc12. The van der Waals surface area contributed by atoms with E-state index in [1.165, 1.54) is 59.2 Å². The summed E-state index contributed by atoms with van der Waals surface area (Å²) in [6.45, 7) is 2.68. The van der Waals surface area contributed by atoms with Gasteiger partial charge in [0, 0.05) is 13.8 Å². The number of ether oxygens (including phenoxy) is 2. The minimum Gasteiger partial charge on any atom is -0.424 e. The molecule has 10 heteroatoms. The van der Waals surface area contributed by atoms with Crippen LogP contribution in [0.3, 0.4) is 0 Å². The zero-order chi connectivity index (χ0) is 16.0. The number of carbonyl (C=O) groups is 2. The molecular weight excluding hydrogens is 401 g/mol. The average Bonchev–Trinajstić information content (AvgIpc) is 2.95. The van der Waals surface area contributed by atoms with Gasteiger partial charge in [0.25, 0.3) is 0 Å². The van der Waals surface area contributed by atoms with Gasteiger partial charge in [-0.1, -0.05) is 24.4 Å². The molecule has 0 atom stereocenters. The lowest BCUT2D eigenvalue weighted by molar-refractivity contribution is -0.132. The highest BCUT2D eigenvalue weighted by molar-refractivity contribution is 7.77. The highest BCUT2D eigenvalue weighted by Crippen LogP contribution is 2.51. The molecule has 0 bridgehead atoms. The van der Waals surface area contributed by atoms with E-state index in [9.17, 15) is 9.59 Å². The molecule has 114 valence electrons. The summed E-state index contributed by atoms with van der Waals surface area (Å²) in [5.74, 6) is 0.0548. The van der Waals surface area contributed by atoms with Gasteiger partial charge in [0.05, 0.1) is 18.8 Å². The minimum absolute atomic E-state index is 0.420. The lowest BCUT2D eigenvalue weighted by Gasteiger charge is -2.08. The first-order valence-electron chi connectivity index (χ1n) is 5.77. The van der Waals surface area contributed by atoms with Crippen LogP contribution >= 0.6 is 69.8 Å². The van der Waals surface area contributed by atoms with Gasteiger partial charge in [-0.3, -0.25) is 9.59 Å². The van der Waals surface area contributed by atoms with Gasteiger partial charge in [-0.25, -0.2) is 0 Å². The van der Waals surface area contributed by atoms with Gasteiger partial charge in [-0.15, -0.1) is 45.3 Å². The van der Waals surface area contributed by atoms with Crippen LogP contribution < -0.4 is 9.47 Å². The predicted octanol–water partition coefficient (Wildman–Crippen LogP) is 5.55. The fourth-order valence-corrected chi connectivity index (χ4v) is 7.15. The Hall–Kier alpha value is -0.780. The fourth-order valence-electron chi connectivity index (χ4n) is 1.84. The third kappa shape index (κ3) is 2.86. The number of benzene rings is 1. The molecule has 0 unspecified atom stereocenters. The smallest absolute Gasteiger partial charge is 0.308 e. The molecule has 1 aromatic carbocycles. The van der Waals surface area contributed by atoms with Crippen LogP contribution in [0.15, 0.2) is 0 Å². The van der Waals surface area contributed by atoms with Crippen molar-refractivity contribution in [1.82, 2.24) is 0 Å². The maximum atomic E-state index is 11.4. The molecule has 0 radical (unpaired) electrons. The predicted molar refractivity (Wildman–Crippen MR) is 97.2 cm³/mol. The summed E-state index contributed by atoms with van der Waals surface area (Å²) in [5, 5.41) is 0. The number of carbonyl (C=O) groups excluding carboxylic acids is 2. The van der Waals surface area contributed by atoms with E-state index in [4.69, 9.17) is 33.9 Å². The quantitative estimate of drug-likeness (QED) is 0.316. The van der Waals surface area contributed by atoms with Crippen LogP contribution in [0.25, 0.3) is 18.8 Å². The second-order valence-electron chi connectivity index (χ2n) is 4.07. The summed E-state index contributed by atoms with van der Waals surface area (Å²) >= 11 is 15.8. The minimum atomic E-state index is -0.420. The molecule has 0 N–H and O–H groups in total. The maximum Gasteiger partial charge on any atom is 0.308 e. The topological polar surface area (TPSA) is 52.6 Å². The van der Waals surface area contributed by atoms with Crippen LogP contribution in [0, 0.1) is 6.28 Å². The fraction of sp³-hybridized carbons (Fsp3) is 0.167. The summed E-state index contributed by atoms with van der Waals surface area (Å²) in [6, 6.07) is 0. The molecule has 0 aliphatic rings. The second-order valence-corrected chi connectivity index (χ2v) is 10.5. The van der Waals surface area contributed by atoms with Gasteiger partial charge < -0.3 is 9.47 Å². The molecule has 22 heavy (non-hydrogen) atoms. The van der Waals surface area contributed by atoms with Crippen molar-refractivity contribution in [1.29, 1.82) is 0 Å². The lowest BCUT2D eigenvalue weighted by atomic mass is 10.3. The maximum absolute atomic E-state index is 11.4. The molecule has 0 aliphatic carbocycles. The second kappa shape index (κ2) is 6.02. The van der Waals surface area contributed by atoms with Crippen molar-refractivity contribution in [2.75, 3.05) is 0 Å². The lowest BCUT2D eigenvalue weighted by Crippen LogP contribution is -2.04. The Balaban J connectivity index is 2.51. The Morgan fingerprint density at radius 1 is 0.727 bits per heavy atom. The van der Waals surface area contributed by atoms with Crippen molar-refractivity contribution >= 4 is 101 Å². The van der Waals surface area contributed by atoms with Crippen LogP contribution in [0.5, 0.6) is 11.5 Å². The number of hydrogen-bond donors (Lipinski definition) is 0. The Bertz CT molecular complexity index is 891. The molecule has 0 aliphatic heterocycles. The molecule has 0 spiro atoms. The number of hydrogen-bond acceptors (Lipinski definition) is 10. The van der Waals surface area contributed by atoms with E-state index in [1.807, 2.05) is 0 Å². The monoisotopic (exact) mass is 406 g/mol. The highest BCUT2D eigenvalue weighted by atomic mass is 32.2. The van der Waals surface area contributed by atoms with E-state index >= 15 is 0 Å². The van der Waals surface area contributed by atoms with Crippen molar-refractivity contribution in [3.8, 4) is 11.5 Å². The molecule has 2 aromatic heterocycles. The van der Waals surface area contributed by atoms with Gasteiger partial charge in [-0.05, 0) is 0 Å². The summed E-state index contributed by atoms with van der Waals surface area (Å²) in [6.07, 6.45) is 0. The standard InChI is InChI=1S/C12H6O4S6/c1-3(13)15-5-7-9(21-11(17)19-7)6(16-4(2)14)10-8(5)20-12(18)22-10/h1-2H3. The summed E-state index contributed by atoms with van der Waals surface area (Å²) < 4.78 is 14.9. The Morgan fingerprint density at radius 2 is 1.00 bits per heavy atom. The number of esters is 2. The summed E-state index contributed by atoms with van der Waals surface area (Å²) in [5.41, 5.74) is 0. The van der Waals surface area contributed by atoms with E-state index < -0.39 is 11.9 Å². The third-order valence-electron chi connectivity index (χ3n) is 2.47. The Morgan fingerprint density at radius 3 is 1.23 bits per heavy atom. The zero-order valence-electron chi connectivity index (χ0n) is 11.1. The largest absolute Gasteiger partial charge is 0.424 e. The highest BCUT2D eigenvalue weighted by Gasteiger charge is 2.23. The first-order valence-corrected chi connectivity index (χ1v) is 9.85. The molecule has 4 nitrogen and oxygen atoms in total. The van der Waals surface area contributed by atoms with Crippen molar-refractivity contribution < 1.29 is 19.1 Å². The van der Waals surface area contributed by atoms with Gasteiger partial charge >= 0.3 is 11.9 Å². The van der Waals surface area contributed by atoms with E-state index in [-0.39, 0.29) is 0 Å². The molecule has 0 amide bonds.